The second-order valence-corrected chi connectivity index (χ2v) is 11.2. The highest BCUT2D eigenvalue weighted by molar-refractivity contribution is 5.85. The van der Waals surface area contributed by atoms with Crippen molar-refractivity contribution >= 4 is 35.4 Å². The normalized spacial score (nSPS) is 11.5. The number of Topliss-reactive ketones (excluding diaryl/α,β-unsaturated/α-hetero) is 1. The third-order valence-corrected chi connectivity index (χ3v) is 6.81. The molecule has 0 spiro atoms. The Bertz CT molecular complexity index is 887. The first-order valence-corrected chi connectivity index (χ1v) is 16.7. The van der Waals surface area contributed by atoms with Gasteiger partial charge in [0, 0.05) is 32.4 Å². The zero-order valence-corrected chi connectivity index (χ0v) is 28.0. The first-order chi connectivity index (χ1) is 22.6. The summed E-state index contributed by atoms with van der Waals surface area (Å²) in [6.45, 7) is 2.93. The van der Waals surface area contributed by atoms with E-state index < -0.39 is 23.9 Å². The lowest BCUT2D eigenvalue weighted by Crippen LogP contribution is -2.42. The minimum atomic E-state index is -1.22. The molecule has 0 saturated carbocycles. The van der Waals surface area contributed by atoms with Gasteiger partial charge in [-0.3, -0.25) is 19.2 Å². The third kappa shape index (κ3) is 32.6. The zero-order chi connectivity index (χ0) is 35.0. The van der Waals surface area contributed by atoms with Crippen molar-refractivity contribution in [3.8, 4) is 0 Å². The fourth-order valence-corrected chi connectivity index (χ4v) is 4.25. The molecule has 0 unspecified atom stereocenters. The molecule has 0 aliphatic rings. The number of carboxylic acids is 2. The highest BCUT2D eigenvalue weighted by Gasteiger charge is 2.20. The van der Waals surface area contributed by atoms with Crippen molar-refractivity contribution in [2.24, 2.45) is 0 Å². The smallest absolute Gasteiger partial charge is 0.326 e. The Morgan fingerprint density at radius 3 is 1.47 bits per heavy atom. The van der Waals surface area contributed by atoms with E-state index in [0.717, 1.165) is 51.4 Å². The van der Waals surface area contributed by atoms with E-state index in [0.29, 0.717) is 26.2 Å². The van der Waals surface area contributed by atoms with Gasteiger partial charge in [0.05, 0.1) is 39.6 Å². The molecule has 0 aromatic heterocycles. The van der Waals surface area contributed by atoms with Gasteiger partial charge in [-0.15, -0.1) is 0 Å². The van der Waals surface area contributed by atoms with Crippen LogP contribution in [0.2, 0.25) is 0 Å². The molecule has 0 saturated heterocycles. The number of aliphatic carboxylic acids is 2. The van der Waals surface area contributed by atoms with Gasteiger partial charge in [-0.05, 0) is 26.2 Å². The quantitative estimate of drug-likeness (QED) is 0.0619. The minimum absolute atomic E-state index is 0.0103. The minimum Gasteiger partial charge on any atom is -0.481 e. The van der Waals surface area contributed by atoms with Gasteiger partial charge in [0.25, 0.3) is 0 Å². The molecule has 47 heavy (non-hydrogen) atoms. The van der Waals surface area contributed by atoms with Crippen LogP contribution < -0.4 is 16.0 Å². The van der Waals surface area contributed by atoms with Crippen molar-refractivity contribution < 1.29 is 57.9 Å². The van der Waals surface area contributed by atoms with Crippen LogP contribution in [0.15, 0.2) is 0 Å². The van der Waals surface area contributed by atoms with E-state index in [9.17, 15) is 28.8 Å². The molecule has 5 N–H and O–H groups in total. The Morgan fingerprint density at radius 2 is 0.979 bits per heavy atom. The molecule has 3 amide bonds. The molecule has 0 aliphatic carbocycles. The lowest BCUT2D eigenvalue weighted by Gasteiger charge is -2.14. The summed E-state index contributed by atoms with van der Waals surface area (Å²) in [6, 6.07) is -1.15. The number of unbranched alkanes of at least 4 members (excludes halogenated alkanes) is 9. The maximum absolute atomic E-state index is 11.9. The molecule has 15 heteroatoms. The molecule has 0 bridgehead atoms. The van der Waals surface area contributed by atoms with E-state index in [-0.39, 0.29) is 83.0 Å². The van der Waals surface area contributed by atoms with Crippen LogP contribution in [-0.2, 0) is 47.7 Å². The molecule has 0 aromatic carbocycles. The second kappa shape index (κ2) is 31.5. The Kier molecular flexibility index (Phi) is 29.4. The van der Waals surface area contributed by atoms with Crippen LogP contribution in [0, 0.1) is 0 Å². The summed E-state index contributed by atoms with van der Waals surface area (Å²) in [5, 5.41) is 25.5. The van der Waals surface area contributed by atoms with Crippen molar-refractivity contribution in [1.29, 1.82) is 0 Å². The van der Waals surface area contributed by atoms with E-state index in [2.05, 4.69) is 16.0 Å². The van der Waals surface area contributed by atoms with Crippen molar-refractivity contribution in [3.63, 3.8) is 0 Å². The molecule has 0 radical (unpaired) electrons. The van der Waals surface area contributed by atoms with Crippen molar-refractivity contribution in [1.82, 2.24) is 16.0 Å². The van der Waals surface area contributed by atoms with E-state index in [1.807, 2.05) is 0 Å². The van der Waals surface area contributed by atoms with E-state index in [1.165, 1.54) is 19.8 Å². The van der Waals surface area contributed by atoms with E-state index >= 15 is 0 Å². The van der Waals surface area contributed by atoms with Crippen LogP contribution >= 0.6 is 0 Å². The van der Waals surface area contributed by atoms with Crippen LogP contribution in [0.25, 0.3) is 0 Å². The summed E-state index contributed by atoms with van der Waals surface area (Å²) >= 11 is 0. The van der Waals surface area contributed by atoms with Gasteiger partial charge in [-0.1, -0.05) is 51.4 Å². The molecule has 0 fully saturated rings. The van der Waals surface area contributed by atoms with Crippen LogP contribution in [0.3, 0.4) is 0 Å². The van der Waals surface area contributed by atoms with Gasteiger partial charge in [0.2, 0.25) is 17.7 Å². The van der Waals surface area contributed by atoms with Crippen molar-refractivity contribution in [3.05, 3.63) is 0 Å². The Morgan fingerprint density at radius 1 is 0.532 bits per heavy atom. The summed E-state index contributed by atoms with van der Waals surface area (Å²) in [6.07, 6.45) is 11.4. The molecule has 15 nitrogen and oxygen atoms in total. The maximum atomic E-state index is 11.9. The average molecular weight is 676 g/mol. The highest BCUT2D eigenvalue weighted by Crippen LogP contribution is 2.12. The van der Waals surface area contributed by atoms with Crippen LogP contribution in [0.5, 0.6) is 0 Å². The topological polar surface area (TPSA) is 216 Å². The number of carboxylic acid groups (broad SMARTS) is 2. The lowest BCUT2D eigenvalue weighted by atomic mass is 10.1. The SMILES string of the molecule is CC(=O)CC[C@H](NC(=O)COCCOCCNC(=O)COCCOCCNC(=O)CCCCCCCCCCCCC(=O)O)C(=O)O. The number of carbonyl (C=O) groups excluding carboxylic acids is 4. The summed E-state index contributed by atoms with van der Waals surface area (Å²) in [5.41, 5.74) is 0. The fraction of sp³-hybridized carbons (Fsp3) is 0.812. The largest absolute Gasteiger partial charge is 0.481 e. The van der Waals surface area contributed by atoms with Crippen LogP contribution in [0.4, 0.5) is 0 Å². The van der Waals surface area contributed by atoms with Gasteiger partial charge in [-0.2, -0.15) is 0 Å². The maximum Gasteiger partial charge on any atom is 0.326 e. The first-order valence-electron chi connectivity index (χ1n) is 16.7. The van der Waals surface area contributed by atoms with Gasteiger partial charge < -0.3 is 49.9 Å². The Balaban J connectivity index is 3.45. The van der Waals surface area contributed by atoms with Crippen LogP contribution in [-0.4, -0.2) is 118 Å². The number of ketones is 1. The molecule has 272 valence electrons. The first kappa shape index (κ1) is 43.9. The van der Waals surface area contributed by atoms with Crippen molar-refractivity contribution in [2.75, 3.05) is 65.9 Å². The molecular weight excluding hydrogens is 618 g/mol. The summed E-state index contributed by atoms with van der Waals surface area (Å²) in [4.78, 5) is 68.1. The number of carbonyl (C=O) groups is 6. The number of hydrogen-bond donors (Lipinski definition) is 5. The number of ether oxygens (including phenoxy) is 4. The molecular formula is C32H57N3O12. The van der Waals surface area contributed by atoms with Gasteiger partial charge >= 0.3 is 11.9 Å². The number of rotatable bonds is 34. The van der Waals surface area contributed by atoms with Crippen molar-refractivity contribution in [2.45, 2.75) is 103 Å². The molecule has 0 aromatic rings. The molecule has 1 atom stereocenters. The zero-order valence-electron chi connectivity index (χ0n) is 28.0. The van der Waals surface area contributed by atoms with Gasteiger partial charge in [0.1, 0.15) is 25.0 Å². The predicted molar refractivity (Wildman–Crippen MR) is 172 cm³/mol. The molecule has 0 aliphatic heterocycles. The number of nitrogens with one attached hydrogen (secondary N) is 3. The summed E-state index contributed by atoms with van der Waals surface area (Å²) < 4.78 is 21.1. The Labute approximate surface area is 278 Å². The molecule has 0 heterocycles. The van der Waals surface area contributed by atoms with E-state index in [1.54, 1.807) is 0 Å². The monoisotopic (exact) mass is 675 g/mol. The fourth-order valence-electron chi connectivity index (χ4n) is 4.25. The van der Waals surface area contributed by atoms with Crippen LogP contribution in [0.1, 0.15) is 96.8 Å². The lowest BCUT2D eigenvalue weighted by molar-refractivity contribution is -0.143. The highest BCUT2D eigenvalue weighted by atomic mass is 16.5. The standard InChI is InChI=1S/C32H57N3O12/c1-26(36)14-15-27(32(42)43)35-30(39)25-47-23-21-45-19-17-34-29(38)24-46-22-20-44-18-16-33-28(37)12-10-8-6-4-2-3-5-7-9-11-13-31(40)41/h27H,2-25H2,1H3,(H,33,37)(H,34,38)(H,35,39)(H,40,41)(H,42,43)/t27-/m0/s1. The number of hydrogen-bond acceptors (Lipinski definition) is 10. The Hall–Kier alpha value is -3.14. The third-order valence-electron chi connectivity index (χ3n) is 6.81. The van der Waals surface area contributed by atoms with Gasteiger partial charge in [0.15, 0.2) is 0 Å². The average Bonchev–Trinajstić information content (AvgIpc) is 3.01. The number of amides is 3. The predicted octanol–water partition coefficient (Wildman–Crippen LogP) is 1.99. The molecule has 0 rings (SSSR count). The van der Waals surface area contributed by atoms with Gasteiger partial charge in [-0.25, -0.2) is 4.79 Å². The summed E-state index contributed by atoms with van der Waals surface area (Å²) in [7, 11) is 0. The summed E-state index contributed by atoms with van der Waals surface area (Å²) in [5.74, 6) is -3.01. The van der Waals surface area contributed by atoms with E-state index in [4.69, 9.17) is 29.2 Å². The second-order valence-electron chi connectivity index (χ2n) is 11.2.